The van der Waals surface area contributed by atoms with Gasteiger partial charge in [0.25, 0.3) is 12.1 Å². The Kier molecular flexibility index (Phi) is 7.70. The first-order valence-electron chi connectivity index (χ1n) is 12.0. The molecule has 0 saturated heterocycles. The van der Waals surface area contributed by atoms with Crippen LogP contribution < -0.4 is 15.4 Å². The van der Waals surface area contributed by atoms with E-state index < -0.39 is 24.0 Å². The van der Waals surface area contributed by atoms with Crippen LogP contribution in [0.4, 0.5) is 0 Å². The summed E-state index contributed by atoms with van der Waals surface area (Å²) >= 11 is 0. The van der Waals surface area contributed by atoms with E-state index in [0.29, 0.717) is 46.0 Å². The number of ether oxygens (including phenoxy) is 2. The van der Waals surface area contributed by atoms with Gasteiger partial charge in [-0.3, -0.25) is 9.59 Å². The van der Waals surface area contributed by atoms with Gasteiger partial charge in [0.15, 0.2) is 0 Å². The highest BCUT2D eigenvalue weighted by molar-refractivity contribution is 6.12. The molecule has 184 valence electrons. The van der Waals surface area contributed by atoms with Gasteiger partial charge in [-0.05, 0) is 31.0 Å². The molecule has 8 nitrogen and oxygen atoms in total. The number of aromatic hydroxyl groups is 1. The molecular formula is C27H30N2O6. The Balaban J connectivity index is 1.82. The molecule has 2 aliphatic heterocycles. The molecule has 35 heavy (non-hydrogen) atoms. The Morgan fingerprint density at radius 1 is 0.943 bits per heavy atom. The second-order valence-corrected chi connectivity index (χ2v) is 8.73. The van der Waals surface area contributed by atoms with Crippen LogP contribution in [-0.4, -0.2) is 42.3 Å². The Labute approximate surface area is 203 Å². The monoisotopic (exact) mass is 478 g/mol. The van der Waals surface area contributed by atoms with Crippen molar-refractivity contribution in [2.24, 2.45) is 0 Å². The number of fused-ring (bicyclic) bond motifs is 15. The van der Waals surface area contributed by atoms with E-state index in [2.05, 4.69) is 10.6 Å². The van der Waals surface area contributed by atoms with Crippen molar-refractivity contribution in [2.75, 3.05) is 13.2 Å². The van der Waals surface area contributed by atoms with Crippen molar-refractivity contribution in [1.82, 2.24) is 10.6 Å². The normalized spacial score (nSPS) is 18.3. The van der Waals surface area contributed by atoms with E-state index >= 15 is 0 Å². The van der Waals surface area contributed by atoms with Crippen molar-refractivity contribution < 1.29 is 29.0 Å². The summed E-state index contributed by atoms with van der Waals surface area (Å²) in [4.78, 5) is 37.5. The van der Waals surface area contributed by atoms with Crippen LogP contribution in [0.15, 0.2) is 42.5 Å². The molecule has 2 heterocycles. The SMILES string of the molecule is CC(=O)NC1Oc2c3ccccc3c(O)c3cc(ccc23)C(=O)OCCCCCCCCNC1=O. The highest BCUT2D eigenvalue weighted by Gasteiger charge is 2.25. The molecule has 4 bridgehead atoms. The minimum absolute atomic E-state index is 0.0102. The summed E-state index contributed by atoms with van der Waals surface area (Å²) in [7, 11) is 0. The molecule has 0 spiro atoms. The molecule has 0 saturated carbocycles. The van der Waals surface area contributed by atoms with Crippen molar-refractivity contribution in [2.45, 2.75) is 51.7 Å². The van der Waals surface area contributed by atoms with Gasteiger partial charge in [-0.1, -0.05) is 49.9 Å². The Hall–Kier alpha value is -3.81. The van der Waals surface area contributed by atoms with E-state index in [1.54, 1.807) is 42.5 Å². The van der Waals surface area contributed by atoms with Crippen LogP contribution in [0.3, 0.4) is 0 Å². The van der Waals surface area contributed by atoms with Crippen molar-refractivity contribution >= 4 is 39.3 Å². The van der Waals surface area contributed by atoms with E-state index in [4.69, 9.17) is 9.47 Å². The molecular weight excluding hydrogens is 448 g/mol. The molecule has 0 aromatic heterocycles. The molecule has 2 aliphatic rings. The Morgan fingerprint density at radius 2 is 1.63 bits per heavy atom. The summed E-state index contributed by atoms with van der Waals surface area (Å²) < 4.78 is 11.6. The van der Waals surface area contributed by atoms with Crippen LogP contribution in [0.25, 0.3) is 21.5 Å². The maximum absolute atomic E-state index is 12.9. The molecule has 2 amide bonds. The van der Waals surface area contributed by atoms with Gasteiger partial charge < -0.3 is 25.2 Å². The van der Waals surface area contributed by atoms with Crippen molar-refractivity contribution in [3.05, 3.63) is 48.0 Å². The van der Waals surface area contributed by atoms with Gasteiger partial charge in [0.1, 0.15) is 11.5 Å². The molecule has 0 fully saturated rings. The summed E-state index contributed by atoms with van der Waals surface area (Å²) in [5.74, 6) is -1.02. The Bertz CT molecular complexity index is 1260. The standard InChI is InChI=1S/C27H30N2O6/c1-17(30)29-26-25(32)28-14-8-4-2-3-5-9-15-34-27(33)18-12-13-21-22(16-18)23(31)19-10-6-7-11-20(19)24(21)35-26/h6-7,10-13,16,26,31H,2-5,8-9,14-15H2,1H3,(H,28,32)(H,29,30). The first kappa shape index (κ1) is 24.3. The molecule has 1 unspecified atom stereocenters. The van der Waals surface area contributed by atoms with Crippen LogP contribution in [0.5, 0.6) is 11.5 Å². The van der Waals surface area contributed by atoms with Gasteiger partial charge in [-0.25, -0.2) is 4.79 Å². The number of rotatable bonds is 1. The largest absolute Gasteiger partial charge is 0.507 e. The van der Waals surface area contributed by atoms with Crippen LogP contribution >= 0.6 is 0 Å². The molecule has 5 rings (SSSR count). The number of phenolic OH excluding ortho intramolecular Hbond substituents is 1. The number of benzene rings is 3. The second-order valence-electron chi connectivity index (χ2n) is 8.73. The number of hydrogen-bond donors (Lipinski definition) is 3. The average molecular weight is 479 g/mol. The number of esters is 1. The van der Waals surface area contributed by atoms with Gasteiger partial charge in [-0.15, -0.1) is 0 Å². The molecule has 0 aliphatic carbocycles. The molecule has 3 aromatic carbocycles. The summed E-state index contributed by atoms with van der Waals surface area (Å²) in [5, 5.41) is 18.4. The Morgan fingerprint density at radius 3 is 2.40 bits per heavy atom. The summed E-state index contributed by atoms with van der Waals surface area (Å²) in [5.41, 5.74) is 0.308. The maximum atomic E-state index is 12.9. The van der Waals surface area contributed by atoms with E-state index in [9.17, 15) is 19.5 Å². The number of carbonyl (C=O) groups excluding carboxylic acids is 3. The lowest BCUT2D eigenvalue weighted by Gasteiger charge is -2.22. The minimum atomic E-state index is -1.27. The second kappa shape index (κ2) is 11.1. The predicted octanol–water partition coefficient (Wildman–Crippen LogP) is 4.17. The number of nitrogens with one attached hydrogen (secondary N) is 2. The highest BCUT2D eigenvalue weighted by Crippen LogP contribution is 2.42. The first-order valence-corrected chi connectivity index (χ1v) is 12.0. The lowest BCUT2D eigenvalue weighted by atomic mass is 9.99. The van der Waals surface area contributed by atoms with Gasteiger partial charge in [0.2, 0.25) is 5.91 Å². The predicted molar refractivity (Wildman–Crippen MR) is 132 cm³/mol. The van der Waals surface area contributed by atoms with Gasteiger partial charge in [0, 0.05) is 35.0 Å². The van der Waals surface area contributed by atoms with Crippen molar-refractivity contribution in [3.8, 4) is 11.5 Å². The quantitative estimate of drug-likeness (QED) is 0.357. The summed E-state index contributed by atoms with van der Waals surface area (Å²) in [6.07, 6.45) is 4.26. The summed E-state index contributed by atoms with van der Waals surface area (Å²) in [6.45, 7) is 2.12. The molecule has 0 radical (unpaired) electrons. The summed E-state index contributed by atoms with van der Waals surface area (Å²) in [6, 6.07) is 11.9. The maximum Gasteiger partial charge on any atom is 0.338 e. The van der Waals surface area contributed by atoms with Crippen molar-refractivity contribution in [3.63, 3.8) is 0 Å². The number of amides is 2. The number of carbonyl (C=O) groups is 3. The van der Waals surface area contributed by atoms with E-state index in [-0.39, 0.29) is 5.75 Å². The van der Waals surface area contributed by atoms with Gasteiger partial charge in [-0.2, -0.15) is 0 Å². The zero-order valence-corrected chi connectivity index (χ0v) is 19.8. The van der Waals surface area contributed by atoms with E-state index in [1.807, 2.05) is 0 Å². The molecule has 1 atom stereocenters. The minimum Gasteiger partial charge on any atom is -0.507 e. The van der Waals surface area contributed by atoms with E-state index in [1.165, 1.54) is 6.92 Å². The van der Waals surface area contributed by atoms with Crippen molar-refractivity contribution in [1.29, 1.82) is 0 Å². The van der Waals surface area contributed by atoms with Crippen LogP contribution in [0.1, 0.15) is 55.8 Å². The van der Waals surface area contributed by atoms with Gasteiger partial charge in [0.05, 0.1) is 12.2 Å². The van der Waals surface area contributed by atoms with Crippen LogP contribution in [-0.2, 0) is 14.3 Å². The molecule has 8 heteroatoms. The zero-order chi connectivity index (χ0) is 24.8. The number of hydrogen-bond acceptors (Lipinski definition) is 6. The fraction of sp³-hybridized carbons (Fsp3) is 0.370. The van der Waals surface area contributed by atoms with Crippen LogP contribution in [0, 0.1) is 0 Å². The first-order chi connectivity index (χ1) is 17.0. The third-order valence-corrected chi connectivity index (χ3v) is 6.09. The molecule has 3 N–H and O–H groups in total. The van der Waals surface area contributed by atoms with Gasteiger partial charge >= 0.3 is 5.97 Å². The fourth-order valence-electron chi connectivity index (χ4n) is 4.31. The third-order valence-electron chi connectivity index (χ3n) is 6.09. The fourth-order valence-corrected chi connectivity index (χ4v) is 4.31. The average Bonchev–Trinajstić information content (AvgIpc) is 2.85. The topological polar surface area (TPSA) is 114 Å². The van der Waals surface area contributed by atoms with E-state index in [0.717, 1.165) is 38.5 Å². The lowest BCUT2D eigenvalue weighted by Crippen LogP contribution is -2.49. The third kappa shape index (κ3) is 5.65. The highest BCUT2D eigenvalue weighted by atomic mass is 16.5. The van der Waals surface area contributed by atoms with Crippen LogP contribution in [0.2, 0.25) is 0 Å². The smallest absolute Gasteiger partial charge is 0.338 e. The lowest BCUT2D eigenvalue weighted by molar-refractivity contribution is -0.134. The molecule has 3 aromatic rings. The number of phenols is 1. The zero-order valence-electron chi connectivity index (χ0n) is 19.8.